The van der Waals surface area contributed by atoms with Crippen LogP contribution in [0.3, 0.4) is 0 Å². The molecule has 1 aromatic carbocycles. The molecule has 0 spiro atoms. The fourth-order valence-electron chi connectivity index (χ4n) is 1.94. The average molecular weight is 235 g/mol. The molecule has 0 radical (unpaired) electrons. The first-order chi connectivity index (χ1) is 8.31. The van der Waals surface area contributed by atoms with E-state index in [0.717, 1.165) is 24.8 Å². The molecule has 1 aliphatic rings. The lowest BCUT2D eigenvalue weighted by atomic mass is 10.1. The molecule has 0 aliphatic carbocycles. The summed E-state index contributed by atoms with van der Waals surface area (Å²) in [6, 6.07) is 7.23. The largest absolute Gasteiger partial charge is 0.392 e. The molecule has 0 saturated carbocycles. The summed E-state index contributed by atoms with van der Waals surface area (Å²) in [6.07, 6.45) is 2.47. The van der Waals surface area contributed by atoms with Gasteiger partial charge in [-0.1, -0.05) is 18.2 Å². The number of carbonyl (C=O) groups is 1. The van der Waals surface area contributed by atoms with Gasteiger partial charge in [-0.2, -0.15) is 0 Å². The number of benzene rings is 1. The van der Waals surface area contributed by atoms with Gasteiger partial charge in [-0.25, -0.2) is 0 Å². The summed E-state index contributed by atoms with van der Waals surface area (Å²) in [5, 5.41) is 12.0. The van der Waals surface area contributed by atoms with Crippen LogP contribution >= 0.6 is 0 Å². The van der Waals surface area contributed by atoms with Gasteiger partial charge in [-0.3, -0.25) is 4.79 Å². The third-order valence-electron chi connectivity index (χ3n) is 2.92. The lowest BCUT2D eigenvalue weighted by Gasteiger charge is -2.22. The second kappa shape index (κ2) is 5.80. The highest BCUT2D eigenvalue weighted by atomic mass is 16.5. The highest BCUT2D eigenvalue weighted by molar-refractivity contribution is 5.94. The predicted molar refractivity (Wildman–Crippen MR) is 64.6 cm³/mol. The second-order valence-corrected chi connectivity index (χ2v) is 4.16. The lowest BCUT2D eigenvalue weighted by molar-refractivity contribution is -0.129. The third-order valence-corrected chi connectivity index (χ3v) is 2.92. The van der Waals surface area contributed by atoms with Crippen LogP contribution in [0.15, 0.2) is 24.3 Å². The van der Waals surface area contributed by atoms with E-state index in [0.29, 0.717) is 12.3 Å². The average Bonchev–Trinajstić information content (AvgIpc) is 2.40. The summed E-state index contributed by atoms with van der Waals surface area (Å²) in [4.78, 5) is 11.9. The zero-order chi connectivity index (χ0) is 12.1. The van der Waals surface area contributed by atoms with E-state index in [4.69, 9.17) is 9.84 Å². The van der Waals surface area contributed by atoms with Crippen molar-refractivity contribution in [3.63, 3.8) is 0 Å². The van der Waals surface area contributed by atoms with E-state index in [2.05, 4.69) is 5.32 Å². The number of nitrogens with one attached hydrogen (secondary N) is 1. The fraction of sp³-hybridized carbons (Fsp3) is 0.462. The Morgan fingerprint density at radius 1 is 1.41 bits per heavy atom. The Kier molecular flexibility index (Phi) is 4.12. The highest BCUT2D eigenvalue weighted by Gasteiger charge is 2.22. The van der Waals surface area contributed by atoms with Crippen LogP contribution in [0.5, 0.6) is 0 Å². The molecule has 2 rings (SSSR count). The number of hydrogen-bond acceptors (Lipinski definition) is 3. The molecule has 1 heterocycles. The third kappa shape index (κ3) is 3.05. The molecule has 0 bridgehead atoms. The molecule has 1 fully saturated rings. The minimum atomic E-state index is -0.351. The van der Waals surface area contributed by atoms with Gasteiger partial charge in [0.15, 0.2) is 0 Å². The number of rotatable bonds is 3. The Bertz CT molecular complexity index is 386. The Morgan fingerprint density at radius 3 is 2.94 bits per heavy atom. The van der Waals surface area contributed by atoms with Crippen molar-refractivity contribution in [1.29, 1.82) is 0 Å². The van der Waals surface area contributed by atoms with Crippen LogP contribution in [0, 0.1) is 0 Å². The van der Waals surface area contributed by atoms with Crippen LogP contribution in [0.4, 0.5) is 5.69 Å². The van der Waals surface area contributed by atoms with E-state index in [1.165, 1.54) is 0 Å². The standard InChI is InChI=1S/C13H17NO3/c15-9-10-5-1-2-6-11(10)14-13(16)12-7-3-4-8-17-12/h1-2,5-6,12,15H,3-4,7-9H2,(H,14,16). The van der Waals surface area contributed by atoms with Gasteiger partial charge in [0.2, 0.25) is 0 Å². The number of carbonyl (C=O) groups excluding carboxylic acids is 1. The molecule has 17 heavy (non-hydrogen) atoms. The Hall–Kier alpha value is -1.39. The maximum atomic E-state index is 11.9. The number of anilines is 1. The summed E-state index contributed by atoms with van der Waals surface area (Å²) >= 11 is 0. The minimum absolute atomic E-state index is 0.0814. The molecule has 1 atom stereocenters. The molecule has 4 nitrogen and oxygen atoms in total. The molecule has 4 heteroatoms. The molecular weight excluding hydrogens is 218 g/mol. The zero-order valence-corrected chi connectivity index (χ0v) is 9.69. The Morgan fingerprint density at radius 2 is 2.24 bits per heavy atom. The Labute approximate surface area is 101 Å². The molecule has 1 amide bonds. The summed E-state index contributed by atoms with van der Waals surface area (Å²) in [5.74, 6) is -0.120. The highest BCUT2D eigenvalue weighted by Crippen LogP contribution is 2.18. The summed E-state index contributed by atoms with van der Waals surface area (Å²) in [6.45, 7) is 0.571. The number of aliphatic hydroxyl groups is 1. The van der Waals surface area contributed by atoms with Gasteiger partial charge < -0.3 is 15.2 Å². The number of hydrogen-bond donors (Lipinski definition) is 2. The molecule has 0 aromatic heterocycles. The normalized spacial score (nSPS) is 19.9. The van der Waals surface area contributed by atoms with Crippen molar-refractivity contribution >= 4 is 11.6 Å². The summed E-state index contributed by atoms with van der Waals surface area (Å²) < 4.78 is 5.41. The van der Waals surface area contributed by atoms with E-state index in [1.54, 1.807) is 12.1 Å². The molecule has 1 aromatic rings. The van der Waals surface area contributed by atoms with Crippen LogP contribution in [0.25, 0.3) is 0 Å². The summed E-state index contributed by atoms with van der Waals surface area (Å²) in [7, 11) is 0. The maximum absolute atomic E-state index is 11.9. The van der Waals surface area contributed by atoms with E-state index >= 15 is 0 Å². The van der Waals surface area contributed by atoms with Gasteiger partial charge in [-0.15, -0.1) is 0 Å². The van der Waals surface area contributed by atoms with Crippen molar-refractivity contribution < 1.29 is 14.6 Å². The van der Waals surface area contributed by atoms with Crippen molar-refractivity contribution in [3.05, 3.63) is 29.8 Å². The molecular formula is C13H17NO3. The number of para-hydroxylation sites is 1. The van der Waals surface area contributed by atoms with Crippen molar-refractivity contribution in [2.24, 2.45) is 0 Å². The predicted octanol–water partition coefficient (Wildman–Crippen LogP) is 1.69. The maximum Gasteiger partial charge on any atom is 0.253 e. The van der Waals surface area contributed by atoms with Gasteiger partial charge in [0.1, 0.15) is 6.10 Å². The zero-order valence-electron chi connectivity index (χ0n) is 9.69. The van der Waals surface area contributed by atoms with Crippen molar-refractivity contribution in [2.45, 2.75) is 32.0 Å². The monoisotopic (exact) mass is 235 g/mol. The molecule has 2 N–H and O–H groups in total. The minimum Gasteiger partial charge on any atom is -0.392 e. The molecule has 92 valence electrons. The molecule has 1 saturated heterocycles. The quantitative estimate of drug-likeness (QED) is 0.838. The van der Waals surface area contributed by atoms with Crippen LogP contribution in [0.1, 0.15) is 24.8 Å². The number of ether oxygens (including phenoxy) is 1. The number of aliphatic hydroxyl groups excluding tert-OH is 1. The van der Waals surface area contributed by atoms with Gasteiger partial charge in [-0.05, 0) is 25.3 Å². The fourth-order valence-corrected chi connectivity index (χ4v) is 1.94. The van der Waals surface area contributed by atoms with Crippen molar-refractivity contribution in [2.75, 3.05) is 11.9 Å². The van der Waals surface area contributed by atoms with Crippen LogP contribution in [0.2, 0.25) is 0 Å². The van der Waals surface area contributed by atoms with Crippen LogP contribution < -0.4 is 5.32 Å². The second-order valence-electron chi connectivity index (χ2n) is 4.16. The Balaban J connectivity index is 2.01. The van der Waals surface area contributed by atoms with E-state index < -0.39 is 0 Å². The topological polar surface area (TPSA) is 58.6 Å². The van der Waals surface area contributed by atoms with Gasteiger partial charge in [0.05, 0.1) is 6.61 Å². The smallest absolute Gasteiger partial charge is 0.253 e. The first-order valence-corrected chi connectivity index (χ1v) is 5.92. The van der Waals surface area contributed by atoms with E-state index in [9.17, 15) is 4.79 Å². The number of amides is 1. The van der Waals surface area contributed by atoms with Gasteiger partial charge >= 0.3 is 0 Å². The van der Waals surface area contributed by atoms with Crippen molar-refractivity contribution in [1.82, 2.24) is 0 Å². The van der Waals surface area contributed by atoms with Crippen molar-refractivity contribution in [3.8, 4) is 0 Å². The van der Waals surface area contributed by atoms with Gasteiger partial charge in [0.25, 0.3) is 5.91 Å². The summed E-state index contributed by atoms with van der Waals surface area (Å²) in [5.41, 5.74) is 1.38. The molecule has 1 unspecified atom stereocenters. The first kappa shape index (κ1) is 12.1. The van der Waals surface area contributed by atoms with E-state index in [1.807, 2.05) is 12.1 Å². The van der Waals surface area contributed by atoms with Crippen LogP contribution in [-0.4, -0.2) is 23.7 Å². The molecule has 1 aliphatic heterocycles. The lowest BCUT2D eigenvalue weighted by Crippen LogP contribution is -2.33. The SMILES string of the molecule is O=C(Nc1ccccc1CO)C1CCCCO1. The van der Waals surface area contributed by atoms with E-state index in [-0.39, 0.29) is 18.6 Å². The first-order valence-electron chi connectivity index (χ1n) is 5.92. The van der Waals surface area contributed by atoms with Gasteiger partial charge in [0, 0.05) is 17.9 Å². The van der Waals surface area contributed by atoms with Crippen LogP contribution in [-0.2, 0) is 16.1 Å².